The van der Waals surface area contributed by atoms with E-state index in [1.54, 1.807) is 0 Å². The van der Waals surface area contributed by atoms with E-state index in [0.29, 0.717) is 5.41 Å². The molecule has 0 amide bonds. The highest BCUT2D eigenvalue weighted by Gasteiger charge is 1.95. The van der Waals surface area contributed by atoms with Gasteiger partial charge in [-0.1, -0.05) is 27.7 Å². The molecule has 0 aliphatic rings. The van der Waals surface area contributed by atoms with E-state index < -0.39 is 0 Å². The van der Waals surface area contributed by atoms with Crippen molar-refractivity contribution in [2.24, 2.45) is 5.41 Å². The molecule has 0 aromatic carbocycles. The second-order valence-corrected chi connectivity index (χ2v) is 3.00. The van der Waals surface area contributed by atoms with Gasteiger partial charge in [-0.25, -0.2) is 0 Å². The molecule has 0 heterocycles. The molecule has 0 spiro atoms. The van der Waals surface area contributed by atoms with Crippen LogP contribution >= 0.6 is 34.0 Å². The molecule has 0 unspecified atom stereocenters. The fraction of sp³-hybridized carbons (Fsp3) is 1.00. The number of halogens is 2. The minimum absolute atomic E-state index is 0. The molecule has 64 valence electrons. The Labute approximate surface area is 79.5 Å². The minimum Gasteiger partial charge on any atom is -0.344 e. The van der Waals surface area contributed by atoms with Crippen LogP contribution in [0, 0.1) is 5.41 Å². The lowest BCUT2D eigenvalue weighted by atomic mass is 10.0. The lowest BCUT2D eigenvalue weighted by molar-refractivity contribution is 0.469. The van der Waals surface area contributed by atoms with Crippen molar-refractivity contribution in [3.63, 3.8) is 0 Å². The van der Waals surface area contributed by atoms with E-state index in [1.165, 1.54) is 0 Å². The highest BCUT2D eigenvalue weighted by atomic mass is 79.9. The zero-order valence-corrected chi connectivity index (χ0v) is 10.2. The highest BCUT2D eigenvalue weighted by Crippen LogP contribution is 2.07. The second kappa shape index (κ2) is 11.6. The quantitative estimate of drug-likeness (QED) is 0.705. The third-order valence-corrected chi connectivity index (χ3v) is 0. The molecule has 0 bridgehead atoms. The summed E-state index contributed by atoms with van der Waals surface area (Å²) in [7, 11) is 0. The first-order chi connectivity index (χ1) is 2.00. The van der Waals surface area contributed by atoms with Gasteiger partial charge in [-0.05, 0) is 5.41 Å². The van der Waals surface area contributed by atoms with Gasteiger partial charge in [0.15, 0.2) is 0 Å². The molecule has 0 radical (unpaired) electrons. The Morgan fingerprint density at radius 1 is 0.667 bits per heavy atom. The van der Waals surface area contributed by atoms with Crippen LogP contribution in [0.15, 0.2) is 0 Å². The summed E-state index contributed by atoms with van der Waals surface area (Å²) in [6.45, 7) is 8.75. The van der Waals surface area contributed by atoms with Crippen molar-refractivity contribution in [1.29, 1.82) is 0 Å². The van der Waals surface area contributed by atoms with E-state index in [0.717, 1.165) is 0 Å². The van der Waals surface area contributed by atoms with Gasteiger partial charge in [0, 0.05) is 0 Å². The van der Waals surface area contributed by atoms with Crippen molar-refractivity contribution in [2.45, 2.75) is 27.7 Å². The first kappa shape index (κ1) is 32.7. The average Bonchev–Trinajstić information content (AvgIpc) is 0.722. The van der Waals surface area contributed by atoms with Crippen LogP contribution in [0.1, 0.15) is 27.7 Å². The predicted octanol–water partition coefficient (Wildman–Crippen LogP) is 3.53. The van der Waals surface area contributed by atoms with Gasteiger partial charge in [0.2, 0.25) is 0 Å². The molecular formula is C5H20Br2N2. The van der Waals surface area contributed by atoms with E-state index in [9.17, 15) is 0 Å². The molecule has 0 rings (SSSR count). The van der Waals surface area contributed by atoms with Crippen molar-refractivity contribution < 1.29 is 0 Å². The Morgan fingerprint density at radius 2 is 0.667 bits per heavy atom. The van der Waals surface area contributed by atoms with Gasteiger partial charge >= 0.3 is 0 Å². The lowest BCUT2D eigenvalue weighted by Gasteiger charge is -2.05. The van der Waals surface area contributed by atoms with Crippen LogP contribution in [-0.2, 0) is 0 Å². The maximum absolute atomic E-state index is 2.19. The van der Waals surface area contributed by atoms with Crippen LogP contribution < -0.4 is 12.3 Å². The van der Waals surface area contributed by atoms with Crippen LogP contribution in [0.3, 0.4) is 0 Å². The maximum Gasteiger partial charge on any atom is -0.0411 e. The fourth-order valence-electron chi connectivity index (χ4n) is 0. The van der Waals surface area contributed by atoms with Gasteiger partial charge in [-0.2, -0.15) is 0 Å². The van der Waals surface area contributed by atoms with E-state index >= 15 is 0 Å². The Morgan fingerprint density at radius 3 is 0.667 bits per heavy atom. The monoisotopic (exact) mass is 266 g/mol. The smallest absolute Gasteiger partial charge is 0.0411 e. The summed E-state index contributed by atoms with van der Waals surface area (Å²) in [6, 6.07) is 0. The molecule has 0 aromatic heterocycles. The van der Waals surface area contributed by atoms with Crippen molar-refractivity contribution in [1.82, 2.24) is 12.3 Å². The predicted molar refractivity (Wildman–Crippen MR) is 55.8 cm³/mol. The van der Waals surface area contributed by atoms with Crippen molar-refractivity contribution in [3.8, 4) is 0 Å². The number of rotatable bonds is 0. The molecule has 0 fully saturated rings. The van der Waals surface area contributed by atoms with E-state index in [4.69, 9.17) is 0 Å². The molecule has 0 aromatic rings. The molecule has 0 saturated heterocycles. The average molecular weight is 268 g/mol. The SMILES string of the molecule is Br.Br.CC(C)(C)C.N.N. The normalized spacial score (nSPS) is 6.67. The fourth-order valence-corrected chi connectivity index (χ4v) is 0. The van der Waals surface area contributed by atoms with Crippen molar-refractivity contribution in [3.05, 3.63) is 0 Å². The van der Waals surface area contributed by atoms with E-state index in [2.05, 4.69) is 27.7 Å². The van der Waals surface area contributed by atoms with Crippen LogP contribution in [-0.4, -0.2) is 0 Å². The third-order valence-electron chi connectivity index (χ3n) is 0. The molecule has 4 heteroatoms. The molecule has 0 saturated carbocycles. The first-order valence-electron chi connectivity index (χ1n) is 2.00. The first-order valence-corrected chi connectivity index (χ1v) is 2.00. The Bertz CT molecular complexity index is 28.4. The number of hydrogen-bond donors (Lipinski definition) is 2. The van der Waals surface area contributed by atoms with Gasteiger partial charge in [0.25, 0.3) is 0 Å². The van der Waals surface area contributed by atoms with Gasteiger partial charge in [-0.3, -0.25) is 0 Å². The largest absolute Gasteiger partial charge is 0.344 e. The molecular weight excluding hydrogens is 248 g/mol. The summed E-state index contributed by atoms with van der Waals surface area (Å²) in [6.07, 6.45) is 0. The maximum atomic E-state index is 2.19. The Hall–Kier alpha value is 0.880. The molecule has 6 N–H and O–H groups in total. The zero-order valence-electron chi connectivity index (χ0n) is 6.73. The van der Waals surface area contributed by atoms with E-state index in [1.807, 2.05) is 0 Å². The van der Waals surface area contributed by atoms with Crippen LogP contribution in [0.5, 0.6) is 0 Å². The summed E-state index contributed by atoms with van der Waals surface area (Å²) in [5.41, 5.74) is 0.500. The topological polar surface area (TPSA) is 70.0 Å². The van der Waals surface area contributed by atoms with Crippen molar-refractivity contribution >= 4 is 34.0 Å². The molecule has 0 aliphatic carbocycles. The molecule has 0 aliphatic heterocycles. The molecule has 9 heavy (non-hydrogen) atoms. The molecule has 0 atom stereocenters. The van der Waals surface area contributed by atoms with Gasteiger partial charge in [-0.15, -0.1) is 34.0 Å². The van der Waals surface area contributed by atoms with Crippen molar-refractivity contribution in [2.75, 3.05) is 0 Å². The van der Waals surface area contributed by atoms with Crippen LogP contribution in [0.25, 0.3) is 0 Å². The summed E-state index contributed by atoms with van der Waals surface area (Å²) < 4.78 is 0. The summed E-state index contributed by atoms with van der Waals surface area (Å²) in [4.78, 5) is 0. The third kappa shape index (κ3) is 543. The van der Waals surface area contributed by atoms with Gasteiger partial charge < -0.3 is 12.3 Å². The van der Waals surface area contributed by atoms with Crippen LogP contribution in [0.4, 0.5) is 0 Å². The van der Waals surface area contributed by atoms with Gasteiger partial charge in [0.1, 0.15) is 0 Å². The van der Waals surface area contributed by atoms with E-state index in [-0.39, 0.29) is 46.3 Å². The minimum atomic E-state index is 0. The van der Waals surface area contributed by atoms with Crippen LogP contribution in [0.2, 0.25) is 0 Å². The van der Waals surface area contributed by atoms with Gasteiger partial charge in [0.05, 0.1) is 0 Å². The second-order valence-electron chi connectivity index (χ2n) is 3.00. The summed E-state index contributed by atoms with van der Waals surface area (Å²) in [5, 5.41) is 0. The summed E-state index contributed by atoms with van der Waals surface area (Å²) in [5.74, 6) is 0. The highest BCUT2D eigenvalue weighted by molar-refractivity contribution is 8.93. The Kier molecular flexibility index (Phi) is 42.3. The lowest BCUT2D eigenvalue weighted by Crippen LogP contribution is -1.93. The Balaban J connectivity index is -0.0000000133. The summed E-state index contributed by atoms with van der Waals surface area (Å²) >= 11 is 0. The molecule has 2 nitrogen and oxygen atoms in total. The number of hydrogen-bond acceptors (Lipinski definition) is 2. The zero-order chi connectivity index (χ0) is 4.50. The standard InChI is InChI=1S/C5H12.2BrH.2H3N/c1-5(2,3)4;;;;/h1-4H3;2*1H;2*1H3.